The van der Waals surface area contributed by atoms with Crippen LogP contribution in [0.2, 0.25) is 0 Å². The Balaban J connectivity index is 3.82. The van der Waals surface area contributed by atoms with Gasteiger partial charge in [0, 0.05) is 12.1 Å². The Morgan fingerprint density at radius 1 is 1.58 bits per heavy atom. The summed E-state index contributed by atoms with van der Waals surface area (Å²) in [5.41, 5.74) is 10.7. The second kappa shape index (κ2) is 5.49. The first-order valence-corrected chi connectivity index (χ1v) is 3.53. The van der Waals surface area contributed by atoms with Crippen LogP contribution >= 0.6 is 0 Å². The number of aliphatic carboxylic acids is 1. The van der Waals surface area contributed by atoms with Crippen molar-refractivity contribution in [2.24, 2.45) is 11.5 Å². The van der Waals surface area contributed by atoms with E-state index in [2.05, 4.69) is 0 Å². The number of hydrogen-bond acceptors (Lipinski definition) is 4. The van der Waals surface area contributed by atoms with Crippen molar-refractivity contribution < 1.29 is 14.7 Å². The molecule has 0 fully saturated rings. The maximum atomic E-state index is 10.2. The smallest absolute Gasteiger partial charge is 0.320 e. The molecule has 0 radical (unpaired) electrons. The van der Waals surface area contributed by atoms with Crippen LogP contribution in [0.5, 0.6) is 0 Å². The zero-order chi connectivity index (χ0) is 9.56. The van der Waals surface area contributed by atoms with Gasteiger partial charge in [-0.2, -0.15) is 0 Å². The molecule has 1 atom stereocenters. The first kappa shape index (κ1) is 10.8. The van der Waals surface area contributed by atoms with Gasteiger partial charge in [-0.3, -0.25) is 4.79 Å². The first-order chi connectivity index (χ1) is 5.61. The Labute approximate surface area is 70.0 Å². The van der Waals surface area contributed by atoms with Crippen molar-refractivity contribution in [2.75, 3.05) is 6.54 Å². The van der Waals surface area contributed by atoms with Crippen molar-refractivity contribution in [2.45, 2.75) is 18.9 Å². The van der Waals surface area contributed by atoms with Crippen LogP contribution in [-0.2, 0) is 9.59 Å². The molecule has 12 heavy (non-hydrogen) atoms. The van der Waals surface area contributed by atoms with Gasteiger partial charge in [0.2, 0.25) is 0 Å². The Morgan fingerprint density at radius 2 is 2.17 bits per heavy atom. The fourth-order valence-electron chi connectivity index (χ4n) is 0.648. The highest BCUT2D eigenvalue weighted by Crippen LogP contribution is 2.01. The molecule has 1 unspecified atom stereocenters. The highest BCUT2D eigenvalue weighted by atomic mass is 16.4. The second-order valence-electron chi connectivity index (χ2n) is 2.39. The third kappa shape index (κ3) is 3.88. The quantitative estimate of drug-likeness (QED) is 0.456. The molecule has 0 aromatic carbocycles. The van der Waals surface area contributed by atoms with E-state index in [4.69, 9.17) is 16.6 Å². The third-order valence-corrected chi connectivity index (χ3v) is 1.47. The molecule has 0 saturated carbocycles. The average molecular weight is 172 g/mol. The van der Waals surface area contributed by atoms with E-state index in [-0.39, 0.29) is 13.0 Å². The topological polar surface area (TPSA) is 106 Å². The summed E-state index contributed by atoms with van der Waals surface area (Å²) < 4.78 is 0. The highest BCUT2D eigenvalue weighted by molar-refractivity contribution is 5.73. The summed E-state index contributed by atoms with van der Waals surface area (Å²) in [6.45, 7) is 0.107. The summed E-state index contributed by atoms with van der Waals surface area (Å²) >= 11 is 0. The van der Waals surface area contributed by atoms with Gasteiger partial charge < -0.3 is 16.6 Å². The van der Waals surface area contributed by atoms with Gasteiger partial charge in [-0.05, 0) is 12.8 Å². The van der Waals surface area contributed by atoms with Crippen LogP contribution in [0.25, 0.3) is 0 Å². The van der Waals surface area contributed by atoms with E-state index in [1.165, 1.54) is 0 Å². The number of carboxylic acid groups (broad SMARTS) is 1. The molecule has 0 aromatic heterocycles. The van der Waals surface area contributed by atoms with Crippen molar-refractivity contribution in [3.63, 3.8) is 0 Å². The number of carboxylic acids is 1. The number of nitrogens with two attached hydrogens (primary N) is 2. The molecule has 5 N–H and O–H groups in total. The van der Waals surface area contributed by atoms with Crippen molar-refractivity contribution >= 4 is 11.9 Å². The van der Waals surface area contributed by atoms with Crippen LogP contribution < -0.4 is 11.5 Å². The van der Waals surface area contributed by atoms with E-state index < -0.39 is 12.0 Å². The molecule has 5 nitrogen and oxygen atoms in total. The minimum Gasteiger partial charge on any atom is -0.480 e. The lowest BCUT2D eigenvalue weighted by atomic mass is 10.1. The molecule has 5 heteroatoms. The predicted octanol–water partition coefficient (Wildman–Crippen LogP) is -1.10. The lowest BCUT2D eigenvalue weighted by Crippen LogP contribution is -2.30. The Bertz CT molecular complexity index is 209. The number of hydrogen-bond donors (Lipinski definition) is 3. The Morgan fingerprint density at radius 3 is 2.50 bits per heavy atom. The molecule has 0 aromatic rings. The van der Waals surface area contributed by atoms with Crippen molar-refractivity contribution in [1.29, 1.82) is 0 Å². The molecule has 0 aliphatic carbocycles. The Kier molecular flexibility index (Phi) is 4.96. The SMILES string of the molecule is NCC(=C=O)CCC(N)C(=O)O. The van der Waals surface area contributed by atoms with Gasteiger partial charge in [-0.1, -0.05) is 0 Å². The molecule has 0 amide bonds. The average Bonchev–Trinajstić information content (AvgIpc) is 2.05. The number of carbonyl (C=O) groups excluding carboxylic acids is 1. The largest absolute Gasteiger partial charge is 0.480 e. The highest BCUT2D eigenvalue weighted by Gasteiger charge is 2.11. The lowest BCUT2D eigenvalue weighted by molar-refractivity contribution is -0.138. The zero-order valence-electron chi connectivity index (χ0n) is 6.62. The zero-order valence-corrected chi connectivity index (χ0v) is 6.62. The van der Waals surface area contributed by atoms with E-state index in [9.17, 15) is 9.59 Å². The van der Waals surface area contributed by atoms with Crippen LogP contribution in [0.15, 0.2) is 5.57 Å². The van der Waals surface area contributed by atoms with Crippen LogP contribution in [-0.4, -0.2) is 29.6 Å². The molecular weight excluding hydrogens is 160 g/mol. The number of carbonyl (C=O) groups is 1. The number of rotatable bonds is 5. The summed E-state index contributed by atoms with van der Waals surface area (Å²) in [5.74, 6) is 0.567. The van der Waals surface area contributed by atoms with E-state index in [0.29, 0.717) is 12.0 Å². The minimum atomic E-state index is -1.07. The third-order valence-electron chi connectivity index (χ3n) is 1.47. The van der Waals surface area contributed by atoms with Gasteiger partial charge >= 0.3 is 5.97 Å². The van der Waals surface area contributed by atoms with E-state index in [0.717, 1.165) is 0 Å². The van der Waals surface area contributed by atoms with Gasteiger partial charge in [0.05, 0.1) is 0 Å². The van der Waals surface area contributed by atoms with Crippen LogP contribution in [0.1, 0.15) is 12.8 Å². The van der Waals surface area contributed by atoms with E-state index in [1.807, 2.05) is 0 Å². The van der Waals surface area contributed by atoms with Crippen molar-refractivity contribution in [3.05, 3.63) is 5.57 Å². The lowest BCUT2D eigenvalue weighted by Gasteiger charge is -2.04. The molecule has 0 bridgehead atoms. The summed E-state index contributed by atoms with van der Waals surface area (Å²) in [7, 11) is 0. The maximum Gasteiger partial charge on any atom is 0.320 e. The maximum absolute atomic E-state index is 10.2. The predicted molar refractivity (Wildman–Crippen MR) is 43.1 cm³/mol. The normalized spacial score (nSPS) is 11.8. The molecule has 0 rings (SSSR count). The van der Waals surface area contributed by atoms with Gasteiger partial charge in [0.15, 0.2) is 0 Å². The van der Waals surface area contributed by atoms with Crippen molar-refractivity contribution in [3.8, 4) is 0 Å². The molecule has 0 aliphatic heterocycles. The summed E-state index contributed by atoms with van der Waals surface area (Å²) in [6, 6.07) is -0.931. The van der Waals surface area contributed by atoms with E-state index in [1.54, 1.807) is 5.94 Å². The van der Waals surface area contributed by atoms with E-state index >= 15 is 0 Å². The molecule has 0 aliphatic rings. The molecular formula is C7H12N2O3. The fourth-order valence-corrected chi connectivity index (χ4v) is 0.648. The molecule has 68 valence electrons. The van der Waals surface area contributed by atoms with Gasteiger partial charge in [0.25, 0.3) is 0 Å². The second-order valence-corrected chi connectivity index (χ2v) is 2.39. The van der Waals surface area contributed by atoms with Gasteiger partial charge in [-0.15, -0.1) is 0 Å². The molecule has 0 saturated heterocycles. The van der Waals surface area contributed by atoms with Crippen LogP contribution in [0.4, 0.5) is 0 Å². The fraction of sp³-hybridized carbons (Fsp3) is 0.571. The standard InChI is InChI=1S/C7H12N2O3/c8-3-5(4-10)1-2-6(9)7(11)12/h6H,1-3,8-9H2,(H,11,12). The first-order valence-electron chi connectivity index (χ1n) is 3.53. The summed E-state index contributed by atoms with van der Waals surface area (Å²) in [6.07, 6.45) is 0.518. The monoisotopic (exact) mass is 172 g/mol. The summed E-state index contributed by atoms with van der Waals surface area (Å²) in [5, 5.41) is 8.38. The van der Waals surface area contributed by atoms with Crippen molar-refractivity contribution in [1.82, 2.24) is 0 Å². The van der Waals surface area contributed by atoms with Gasteiger partial charge in [-0.25, -0.2) is 4.79 Å². The summed E-state index contributed by atoms with van der Waals surface area (Å²) in [4.78, 5) is 20.3. The Hall–Kier alpha value is -1.16. The molecule has 0 heterocycles. The van der Waals surface area contributed by atoms with Gasteiger partial charge in [0.1, 0.15) is 12.0 Å². The molecule has 0 spiro atoms. The minimum absolute atomic E-state index is 0.107. The van der Waals surface area contributed by atoms with Crippen LogP contribution in [0, 0.1) is 0 Å². The van der Waals surface area contributed by atoms with Crippen LogP contribution in [0.3, 0.4) is 0 Å².